The Morgan fingerprint density at radius 2 is 1.53 bits per heavy atom. The lowest BCUT2D eigenvalue weighted by atomic mass is 10.2. The highest BCUT2D eigenvalue weighted by atomic mass is 32.2. The zero-order valence-corrected chi connectivity index (χ0v) is 17.0. The summed E-state index contributed by atoms with van der Waals surface area (Å²) in [7, 11) is -3.75. The molecule has 3 aromatic rings. The molecule has 0 saturated carbocycles. The van der Waals surface area contributed by atoms with E-state index in [1.54, 1.807) is 35.2 Å². The molecule has 1 aliphatic rings. The second-order valence-electron chi connectivity index (χ2n) is 6.95. The van der Waals surface area contributed by atoms with Gasteiger partial charge in [0.15, 0.2) is 0 Å². The summed E-state index contributed by atoms with van der Waals surface area (Å²) >= 11 is 0. The van der Waals surface area contributed by atoms with Crippen molar-refractivity contribution in [2.45, 2.75) is 17.7 Å². The van der Waals surface area contributed by atoms with Crippen LogP contribution in [0.5, 0.6) is 0 Å². The molecule has 1 saturated heterocycles. The molecule has 6 heteroatoms. The van der Waals surface area contributed by atoms with Crippen LogP contribution in [-0.4, -0.2) is 20.9 Å². The van der Waals surface area contributed by atoms with Crippen LogP contribution in [0.25, 0.3) is 0 Å². The molecule has 5 nitrogen and oxygen atoms in total. The van der Waals surface area contributed by atoms with Crippen LogP contribution in [0, 0.1) is 11.8 Å². The third-order valence-electron chi connectivity index (χ3n) is 4.77. The van der Waals surface area contributed by atoms with Crippen molar-refractivity contribution >= 4 is 27.3 Å². The van der Waals surface area contributed by atoms with E-state index >= 15 is 0 Å². The Balaban J connectivity index is 1.51. The summed E-state index contributed by atoms with van der Waals surface area (Å²) in [5.74, 6) is 6.17. The van der Waals surface area contributed by atoms with E-state index in [0.29, 0.717) is 24.2 Å². The third kappa shape index (κ3) is 4.53. The molecular weight excluding hydrogens is 396 g/mol. The average molecular weight is 417 g/mol. The van der Waals surface area contributed by atoms with E-state index in [-0.39, 0.29) is 10.8 Å². The van der Waals surface area contributed by atoms with Gasteiger partial charge in [0.1, 0.15) is 0 Å². The highest BCUT2D eigenvalue weighted by molar-refractivity contribution is 7.92. The number of sulfonamides is 1. The van der Waals surface area contributed by atoms with Gasteiger partial charge in [-0.15, -0.1) is 0 Å². The molecule has 1 amide bonds. The molecule has 1 heterocycles. The van der Waals surface area contributed by atoms with Gasteiger partial charge in [-0.05, 0) is 61.0 Å². The van der Waals surface area contributed by atoms with E-state index in [1.165, 1.54) is 12.1 Å². The Kier molecular flexibility index (Phi) is 5.55. The molecule has 1 aliphatic heterocycles. The lowest BCUT2D eigenvalue weighted by Gasteiger charge is -2.16. The van der Waals surface area contributed by atoms with Crippen LogP contribution in [0.2, 0.25) is 0 Å². The van der Waals surface area contributed by atoms with E-state index in [4.69, 9.17) is 0 Å². The Morgan fingerprint density at radius 1 is 0.833 bits per heavy atom. The summed E-state index contributed by atoms with van der Waals surface area (Å²) in [5.41, 5.74) is 2.75. The number of hydrogen-bond acceptors (Lipinski definition) is 3. The largest absolute Gasteiger partial charge is 0.312 e. The van der Waals surface area contributed by atoms with Crippen molar-refractivity contribution in [1.82, 2.24) is 0 Å². The molecule has 0 radical (unpaired) electrons. The number of hydrogen-bond donors (Lipinski definition) is 1. The van der Waals surface area contributed by atoms with Gasteiger partial charge in [0.25, 0.3) is 10.0 Å². The highest BCUT2D eigenvalue weighted by Gasteiger charge is 2.22. The molecular formula is C24H20N2O3S. The minimum Gasteiger partial charge on any atom is -0.312 e. The first kappa shape index (κ1) is 19.7. The number of amides is 1. The Morgan fingerprint density at radius 3 is 2.23 bits per heavy atom. The van der Waals surface area contributed by atoms with Gasteiger partial charge in [0.05, 0.1) is 10.6 Å². The van der Waals surface area contributed by atoms with Crippen molar-refractivity contribution in [2.24, 2.45) is 0 Å². The molecule has 4 rings (SSSR count). The molecule has 1 fully saturated rings. The maximum atomic E-state index is 12.8. The Hall–Kier alpha value is -3.56. The quantitative estimate of drug-likeness (QED) is 0.654. The molecule has 0 aliphatic carbocycles. The molecule has 150 valence electrons. The minimum atomic E-state index is -3.75. The van der Waals surface area contributed by atoms with Gasteiger partial charge >= 0.3 is 0 Å². The topological polar surface area (TPSA) is 66.5 Å². The normalized spacial score (nSPS) is 13.6. The van der Waals surface area contributed by atoms with Gasteiger partial charge in [0, 0.05) is 29.8 Å². The van der Waals surface area contributed by atoms with Crippen molar-refractivity contribution in [1.29, 1.82) is 0 Å². The van der Waals surface area contributed by atoms with Crippen molar-refractivity contribution in [2.75, 3.05) is 16.2 Å². The summed E-state index contributed by atoms with van der Waals surface area (Å²) in [6.45, 7) is 0.667. The second-order valence-corrected chi connectivity index (χ2v) is 8.63. The predicted molar refractivity (Wildman–Crippen MR) is 118 cm³/mol. The molecule has 1 N–H and O–H groups in total. The predicted octanol–water partition coefficient (Wildman–Crippen LogP) is 4.01. The van der Waals surface area contributed by atoms with Gasteiger partial charge in [-0.25, -0.2) is 8.42 Å². The first-order valence-electron chi connectivity index (χ1n) is 9.62. The fourth-order valence-corrected chi connectivity index (χ4v) is 4.32. The lowest BCUT2D eigenvalue weighted by Crippen LogP contribution is -2.23. The van der Waals surface area contributed by atoms with Crippen LogP contribution < -0.4 is 9.62 Å². The van der Waals surface area contributed by atoms with Crippen molar-refractivity contribution in [3.05, 3.63) is 90.0 Å². The lowest BCUT2D eigenvalue weighted by molar-refractivity contribution is -0.117. The minimum absolute atomic E-state index is 0.0668. The van der Waals surface area contributed by atoms with Crippen LogP contribution in [0.3, 0.4) is 0 Å². The monoisotopic (exact) mass is 416 g/mol. The van der Waals surface area contributed by atoms with Crippen LogP contribution in [-0.2, 0) is 14.8 Å². The van der Waals surface area contributed by atoms with Gasteiger partial charge in [0.2, 0.25) is 5.91 Å². The van der Waals surface area contributed by atoms with Crippen LogP contribution >= 0.6 is 0 Å². The Bertz CT molecular complexity index is 1220. The summed E-state index contributed by atoms with van der Waals surface area (Å²) < 4.78 is 28.1. The number of carbonyl (C=O) groups is 1. The van der Waals surface area contributed by atoms with Crippen molar-refractivity contribution < 1.29 is 13.2 Å². The van der Waals surface area contributed by atoms with Crippen LogP contribution in [0.1, 0.15) is 24.0 Å². The smallest absolute Gasteiger partial charge is 0.261 e. The van der Waals surface area contributed by atoms with E-state index in [1.807, 2.05) is 36.4 Å². The summed E-state index contributed by atoms with van der Waals surface area (Å²) in [6.07, 6.45) is 1.36. The van der Waals surface area contributed by atoms with E-state index in [9.17, 15) is 13.2 Å². The second kappa shape index (κ2) is 8.44. The molecule has 0 bridgehead atoms. The molecule has 0 atom stereocenters. The molecule has 30 heavy (non-hydrogen) atoms. The molecule has 3 aromatic carbocycles. The third-order valence-corrected chi connectivity index (χ3v) is 6.17. The molecule has 0 aromatic heterocycles. The highest BCUT2D eigenvalue weighted by Crippen LogP contribution is 2.24. The van der Waals surface area contributed by atoms with Crippen LogP contribution in [0.15, 0.2) is 83.8 Å². The number of carbonyl (C=O) groups excluding carboxylic acids is 1. The maximum absolute atomic E-state index is 12.8. The van der Waals surface area contributed by atoms with Crippen molar-refractivity contribution in [3.63, 3.8) is 0 Å². The van der Waals surface area contributed by atoms with Gasteiger partial charge in [-0.3, -0.25) is 9.52 Å². The zero-order valence-electron chi connectivity index (χ0n) is 16.2. The number of anilines is 2. The van der Waals surface area contributed by atoms with E-state index in [2.05, 4.69) is 16.6 Å². The fourth-order valence-electron chi connectivity index (χ4n) is 3.27. The fraction of sp³-hybridized carbons (Fsp3) is 0.125. The standard InChI is InChI=1S/C24H20N2O3S/c27-24-10-5-17-26(24)22-13-15-23(16-14-22)30(28,29)25-21-9-4-8-20(18-21)12-11-19-6-2-1-3-7-19/h1-4,6-9,13-16,18,25H,5,10,17H2. The first-order valence-corrected chi connectivity index (χ1v) is 11.1. The molecule has 0 unspecified atom stereocenters. The van der Waals surface area contributed by atoms with Crippen molar-refractivity contribution in [3.8, 4) is 11.8 Å². The average Bonchev–Trinajstić information content (AvgIpc) is 3.19. The van der Waals surface area contributed by atoms with E-state index < -0.39 is 10.0 Å². The maximum Gasteiger partial charge on any atom is 0.261 e. The van der Waals surface area contributed by atoms with Gasteiger partial charge in [-0.1, -0.05) is 36.1 Å². The number of benzene rings is 3. The van der Waals surface area contributed by atoms with Crippen LogP contribution in [0.4, 0.5) is 11.4 Å². The zero-order chi connectivity index (χ0) is 21.0. The number of nitrogens with one attached hydrogen (secondary N) is 1. The summed E-state index contributed by atoms with van der Waals surface area (Å²) in [4.78, 5) is 13.7. The van der Waals surface area contributed by atoms with Gasteiger partial charge < -0.3 is 4.90 Å². The molecule has 0 spiro atoms. The van der Waals surface area contributed by atoms with E-state index in [0.717, 1.165) is 17.7 Å². The van der Waals surface area contributed by atoms with Gasteiger partial charge in [-0.2, -0.15) is 0 Å². The SMILES string of the molecule is O=C1CCCN1c1ccc(S(=O)(=O)Nc2cccc(C#Cc3ccccc3)c2)cc1. The first-order chi connectivity index (χ1) is 14.5. The summed E-state index contributed by atoms with van der Waals surface area (Å²) in [6, 6.07) is 22.9. The number of nitrogens with zero attached hydrogens (tertiary/aromatic N) is 1. The Labute approximate surface area is 176 Å². The summed E-state index contributed by atoms with van der Waals surface area (Å²) in [5, 5.41) is 0. The number of rotatable bonds is 4.